The Morgan fingerprint density at radius 2 is 2.33 bits per heavy atom. The van der Waals surface area contributed by atoms with E-state index in [4.69, 9.17) is 0 Å². The highest BCUT2D eigenvalue weighted by molar-refractivity contribution is 7.12. The average molecular weight is 178 g/mol. The van der Waals surface area contributed by atoms with Gasteiger partial charge in [-0.25, -0.2) is 0 Å². The SMILES string of the molecule is Cc1ccc([C@@H]2C=CCCC2)s1. The number of thiophene rings is 1. The van der Waals surface area contributed by atoms with Crippen LogP contribution in [0.1, 0.15) is 34.9 Å². The predicted octanol–water partition coefficient (Wildman–Crippen LogP) is 3.88. The molecular formula is C11H14S. The zero-order valence-corrected chi connectivity index (χ0v) is 8.23. The molecule has 0 fully saturated rings. The van der Waals surface area contributed by atoms with Crippen LogP contribution >= 0.6 is 11.3 Å². The summed E-state index contributed by atoms with van der Waals surface area (Å²) in [5, 5.41) is 0. The summed E-state index contributed by atoms with van der Waals surface area (Å²) in [4.78, 5) is 2.98. The van der Waals surface area contributed by atoms with Crippen LogP contribution < -0.4 is 0 Å². The van der Waals surface area contributed by atoms with Crippen LogP contribution in [0.4, 0.5) is 0 Å². The van der Waals surface area contributed by atoms with Crippen LogP contribution in [0.25, 0.3) is 0 Å². The van der Waals surface area contributed by atoms with Gasteiger partial charge in [-0.15, -0.1) is 11.3 Å². The molecule has 12 heavy (non-hydrogen) atoms. The van der Waals surface area contributed by atoms with Gasteiger partial charge in [-0.1, -0.05) is 12.2 Å². The molecule has 1 aromatic rings. The van der Waals surface area contributed by atoms with Crippen molar-refractivity contribution in [2.75, 3.05) is 0 Å². The zero-order valence-electron chi connectivity index (χ0n) is 7.42. The lowest BCUT2D eigenvalue weighted by molar-refractivity contribution is 0.662. The first kappa shape index (κ1) is 8.06. The summed E-state index contributed by atoms with van der Waals surface area (Å²) in [7, 11) is 0. The van der Waals surface area contributed by atoms with Gasteiger partial charge in [0, 0.05) is 15.7 Å². The maximum Gasteiger partial charge on any atom is 0.0117 e. The monoisotopic (exact) mass is 178 g/mol. The summed E-state index contributed by atoms with van der Waals surface area (Å²) in [5.74, 6) is 0.720. The maximum absolute atomic E-state index is 2.37. The number of rotatable bonds is 1. The Balaban J connectivity index is 2.18. The largest absolute Gasteiger partial charge is 0.145 e. The van der Waals surface area contributed by atoms with Gasteiger partial charge in [0.05, 0.1) is 0 Å². The second-order valence-corrected chi connectivity index (χ2v) is 4.73. The first-order valence-corrected chi connectivity index (χ1v) is 5.41. The van der Waals surface area contributed by atoms with Crippen LogP contribution in [0.5, 0.6) is 0 Å². The van der Waals surface area contributed by atoms with Crippen molar-refractivity contribution in [2.45, 2.75) is 32.1 Å². The Bertz CT molecular complexity index is 283. The summed E-state index contributed by atoms with van der Waals surface area (Å²) >= 11 is 1.94. The van der Waals surface area contributed by atoms with Gasteiger partial charge in [0.25, 0.3) is 0 Å². The Kier molecular flexibility index (Phi) is 2.31. The third kappa shape index (κ3) is 1.61. The standard InChI is InChI=1S/C11H14S/c1-9-7-8-11(12-9)10-5-3-2-4-6-10/h3,5,7-8,10H,2,4,6H2,1H3/t10-/m1/s1. The first-order chi connectivity index (χ1) is 5.86. The lowest BCUT2D eigenvalue weighted by atomic mass is 9.95. The van der Waals surface area contributed by atoms with E-state index in [0.29, 0.717) is 0 Å². The molecule has 0 N–H and O–H groups in total. The molecule has 0 aliphatic heterocycles. The van der Waals surface area contributed by atoms with Crippen molar-refractivity contribution in [1.82, 2.24) is 0 Å². The zero-order chi connectivity index (χ0) is 8.39. The molecule has 1 aliphatic carbocycles. The molecule has 0 nitrogen and oxygen atoms in total. The van der Waals surface area contributed by atoms with Gasteiger partial charge >= 0.3 is 0 Å². The van der Waals surface area contributed by atoms with Gasteiger partial charge < -0.3 is 0 Å². The van der Waals surface area contributed by atoms with Crippen molar-refractivity contribution in [3.8, 4) is 0 Å². The molecule has 0 amide bonds. The van der Waals surface area contributed by atoms with E-state index >= 15 is 0 Å². The Hall–Kier alpha value is -0.560. The molecule has 2 rings (SSSR count). The molecule has 0 unspecified atom stereocenters. The molecule has 1 heterocycles. The van der Waals surface area contributed by atoms with Crippen LogP contribution in [0.3, 0.4) is 0 Å². The van der Waals surface area contributed by atoms with Crippen LogP contribution in [-0.2, 0) is 0 Å². The van der Waals surface area contributed by atoms with E-state index in [-0.39, 0.29) is 0 Å². The second-order valence-electron chi connectivity index (χ2n) is 3.41. The fourth-order valence-electron chi connectivity index (χ4n) is 1.70. The maximum atomic E-state index is 2.37. The Morgan fingerprint density at radius 1 is 1.42 bits per heavy atom. The quantitative estimate of drug-likeness (QED) is 0.572. The highest BCUT2D eigenvalue weighted by atomic mass is 32.1. The van der Waals surface area contributed by atoms with E-state index in [1.807, 2.05) is 11.3 Å². The topological polar surface area (TPSA) is 0 Å². The normalized spacial score (nSPS) is 22.9. The van der Waals surface area contributed by atoms with E-state index in [1.165, 1.54) is 24.1 Å². The van der Waals surface area contributed by atoms with Crippen LogP contribution in [0, 0.1) is 6.92 Å². The molecule has 0 spiro atoms. The summed E-state index contributed by atoms with van der Waals surface area (Å²) in [6.07, 6.45) is 8.67. The molecule has 64 valence electrons. The van der Waals surface area contributed by atoms with Gasteiger partial charge in [0.2, 0.25) is 0 Å². The number of hydrogen-bond acceptors (Lipinski definition) is 1. The summed E-state index contributed by atoms with van der Waals surface area (Å²) in [6.45, 7) is 2.18. The highest BCUT2D eigenvalue weighted by Gasteiger charge is 2.11. The van der Waals surface area contributed by atoms with Gasteiger partial charge in [-0.3, -0.25) is 0 Å². The summed E-state index contributed by atoms with van der Waals surface area (Å²) in [5.41, 5.74) is 0. The molecule has 1 atom stereocenters. The molecule has 1 aromatic heterocycles. The lowest BCUT2D eigenvalue weighted by Gasteiger charge is -2.13. The third-order valence-electron chi connectivity index (χ3n) is 2.38. The van der Waals surface area contributed by atoms with Crippen molar-refractivity contribution >= 4 is 11.3 Å². The van der Waals surface area contributed by atoms with E-state index < -0.39 is 0 Å². The van der Waals surface area contributed by atoms with Crippen molar-refractivity contribution < 1.29 is 0 Å². The Labute approximate surface area is 77.9 Å². The third-order valence-corrected chi connectivity index (χ3v) is 3.51. The minimum absolute atomic E-state index is 0.720. The lowest BCUT2D eigenvalue weighted by Crippen LogP contribution is -1.95. The van der Waals surface area contributed by atoms with Crippen LogP contribution in [0.15, 0.2) is 24.3 Å². The van der Waals surface area contributed by atoms with E-state index in [2.05, 4.69) is 31.2 Å². The van der Waals surface area contributed by atoms with Gasteiger partial charge in [0.1, 0.15) is 0 Å². The van der Waals surface area contributed by atoms with Crippen molar-refractivity contribution in [1.29, 1.82) is 0 Å². The Morgan fingerprint density at radius 3 is 2.92 bits per heavy atom. The smallest absolute Gasteiger partial charge is 0.0117 e. The minimum atomic E-state index is 0.720. The number of hydrogen-bond donors (Lipinski definition) is 0. The van der Waals surface area contributed by atoms with Crippen molar-refractivity contribution in [3.05, 3.63) is 34.0 Å². The van der Waals surface area contributed by atoms with E-state index in [1.54, 1.807) is 4.88 Å². The van der Waals surface area contributed by atoms with Gasteiger partial charge in [-0.2, -0.15) is 0 Å². The van der Waals surface area contributed by atoms with Crippen molar-refractivity contribution in [2.24, 2.45) is 0 Å². The van der Waals surface area contributed by atoms with Gasteiger partial charge in [0.15, 0.2) is 0 Å². The minimum Gasteiger partial charge on any atom is -0.145 e. The highest BCUT2D eigenvalue weighted by Crippen LogP contribution is 2.31. The predicted molar refractivity (Wildman–Crippen MR) is 54.8 cm³/mol. The average Bonchev–Trinajstić information content (AvgIpc) is 2.54. The molecule has 0 radical (unpaired) electrons. The number of aryl methyl sites for hydroxylation is 1. The van der Waals surface area contributed by atoms with E-state index in [9.17, 15) is 0 Å². The second kappa shape index (κ2) is 3.44. The molecule has 0 saturated carbocycles. The number of allylic oxidation sites excluding steroid dienone is 2. The van der Waals surface area contributed by atoms with Crippen LogP contribution in [-0.4, -0.2) is 0 Å². The molecule has 0 bridgehead atoms. The summed E-state index contributed by atoms with van der Waals surface area (Å²) < 4.78 is 0. The van der Waals surface area contributed by atoms with E-state index in [0.717, 1.165) is 5.92 Å². The first-order valence-electron chi connectivity index (χ1n) is 4.59. The molecule has 0 saturated heterocycles. The van der Waals surface area contributed by atoms with Crippen LogP contribution in [0.2, 0.25) is 0 Å². The fourth-order valence-corrected chi connectivity index (χ4v) is 2.69. The van der Waals surface area contributed by atoms with Gasteiger partial charge in [-0.05, 0) is 38.3 Å². The fraction of sp³-hybridized carbons (Fsp3) is 0.455. The molecule has 1 aliphatic rings. The molecule has 1 heteroatoms. The van der Waals surface area contributed by atoms with Crippen molar-refractivity contribution in [3.63, 3.8) is 0 Å². The summed E-state index contributed by atoms with van der Waals surface area (Å²) in [6, 6.07) is 4.50. The molecular weight excluding hydrogens is 164 g/mol. The molecule has 0 aromatic carbocycles.